The maximum Gasteiger partial charge on any atom is 0.166 e. The molecule has 0 amide bonds. The first kappa shape index (κ1) is 7.35. The third-order valence-corrected chi connectivity index (χ3v) is 2.14. The highest BCUT2D eigenvalue weighted by atomic mass is 16.1. The second kappa shape index (κ2) is 2.63. The summed E-state index contributed by atoms with van der Waals surface area (Å²) in [5, 5.41) is 3.21. The molecular formula is C10H11NO. The SMILES string of the molecule is Cc1ccc2c(c1)NCCC2=O. The summed E-state index contributed by atoms with van der Waals surface area (Å²) in [4.78, 5) is 11.4. The summed E-state index contributed by atoms with van der Waals surface area (Å²) in [5.41, 5.74) is 3.02. The van der Waals surface area contributed by atoms with Crippen LogP contribution in [-0.4, -0.2) is 12.3 Å². The summed E-state index contributed by atoms with van der Waals surface area (Å²) >= 11 is 0. The number of aryl methyl sites for hydroxylation is 1. The first-order chi connectivity index (χ1) is 5.77. The molecule has 0 saturated carbocycles. The van der Waals surface area contributed by atoms with E-state index in [1.54, 1.807) is 0 Å². The predicted molar refractivity (Wildman–Crippen MR) is 48.6 cm³/mol. The second-order valence-electron chi connectivity index (χ2n) is 3.15. The summed E-state index contributed by atoms with van der Waals surface area (Å²) in [6.07, 6.45) is 0.621. The minimum absolute atomic E-state index is 0.253. The monoisotopic (exact) mass is 161 g/mol. The number of nitrogens with one attached hydrogen (secondary N) is 1. The standard InChI is InChI=1S/C10H11NO/c1-7-2-3-8-9(6-7)11-5-4-10(8)12/h2-3,6,11H,4-5H2,1H3. The Balaban J connectivity index is 2.53. The van der Waals surface area contributed by atoms with Crippen molar-refractivity contribution < 1.29 is 4.79 Å². The molecule has 0 saturated heterocycles. The highest BCUT2D eigenvalue weighted by Gasteiger charge is 2.15. The van der Waals surface area contributed by atoms with Gasteiger partial charge in [-0.05, 0) is 24.6 Å². The van der Waals surface area contributed by atoms with Crippen LogP contribution in [0.2, 0.25) is 0 Å². The van der Waals surface area contributed by atoms with Crippen LogP contribution in [0, 0.1) is 6.92 Å². The Morgan fingerprint density at radius 3 is 3.08 bits per heavy atom. The van der Waals surface area contributed by atoms with Gasteiger partial charge >= 0.3 is 0 Å². The smallest absolute Gasteiger partial charge is 0.166 e. The number of fused-ring (bicyclic) bond motifs is 1. The molecule has 0 atom stereocenters. The zero-order chi connectivity index (χ0) is 8.55. The minimum atomic E-state index is 0.253. The second-order valence-corrected chi connectivity index (χ2v) is 3.15. The molecule has 2 heteroatoms. The fourth-order valence-corrected chi connectivity index (χ4v) is 1.49. The van der Waals surface area contributed by atoms with Gasteiger partial charge in [-0.25, -0.2) is 0 Å². The van der Waals surface area contributed by atoms with Crippen LogP contribution in [0.15, 0.2) is 18.2 Å². The van der Waals surface area contributed by atoms with Crippen molar-refractivity contribution >= 4 is 11.5 Å². The van der Waals surface area contributed by atoms with Crippen LogP contribution in [0.25, 0.3) is 0 Å². The summed E-state index contributed by atoms with van der Waals surface area (Å²) in [5.74, 6) is 0.253. The number of carbonyl (C=O) groups excluding carboxylic acids is 1. The topological polar surface area (TPSA) is 29.1 Å². The summed E-state index contributed by atoms with van der Waals surface area (Å²) < 4.78 is 0. The van der Waals surface area contributed by atoms with Crippen molar-refractivity contribution in [3.05, 3.63) is 29.3 Å². The van der Waals surface area contributed by atoms with Gasteiger partial charge in [0.2, 0.25) is 0 Å². The van der Waals surface area contributed by atoms with Crippen molar-refractivity contribution in [2.75, 3.05) is 11.9 Å². The Hall–Kier alpha value is -1.31. The van der Waals surface area contributed by atoms with Gasteiger partial charge in [-0.2, -0.15) is 0 Å². The lowest BCUT2D eigenvalue weighted by Crippen LogP contribution is -2.17. The van der Waals surface area contributed by atoms with Crippen LogP contribution < -0.4 is 5.32 Å². The number of carbonyl (C=O) groups is 1. The van der Waals surface area contributed by atoms with Crippen molar-refractivity contribution in [1.29, 1.82) is 0 Å². The summed E-state index contributed by atoms with van der Waals surface area (Å²) in [7, 11) is 0. The minimum Gasteiger partial charge on any atom is -0.384 e. The Bertz CT molecular complexity index is 331. The van der Waals surface area contributed by atoms with E-state index < -0.39 is 0 Å². The van der Waals surface area contributed by atoms with Crippen molar-refractivity contribution in [3.63, 3.8) is 0 Å². The Morgan fingerprint density at radius 1 is 1.42 bits per heavy atom. The van der Waals surface area contributed by atoms with E-state index in [9.17, 15) is 4.79 Å². The largest absolute Gasteiger partial charge is 0.384 e. The number of hydrogen-bond donors (Lipinski definition) is 1. The lowest BCUT2D eigenvalue weighted by molar-refractivity contribution is 0.0984. The van der Waals surface area contributed by atoms with Crippen molar-refractivity contribution in [1.82, 2.24) is 0 Å². The van der Waals surface area contributed by atoms with Crippen LogP contribution in [0.5, 0.6) is 0 Å². The molecule has 1 aliphatic rings. The number of Topliss-reactive ketones (excluding diaryl/α,β-unsaturated/α-hetero) is 1. The molecule has 12 heavy (non-hydrogen) atoms. The molecule has 0 radical (unpaired) electrons. The molecule has 2 rings (SSSR count). The molecule has 0 bridgehead atoms. The average molecular weight is 161 g/mol. The van der Waals surface area contributed by atoms with E-state index in [-0.39, 0.29) is 5.78 Å². The normalized spacial score (nSPS) is 15.2. The van der Waals surface area contributed by atoms with Crippen LogP contribution in [-0.2, 0) is 0 Å². The third-order valence-electron chi connectivity index (χ3n) is 2.14. The Labute approximate surface area is 71.6 Å². The van der Waals surface area contributed by atoms with Gasteiger partial charge < -0.3 is 5.32 Å². The lowest BCUT2D eigenvalue weighted by atomic mass is 10.0. The molecule has 0 spiro atoms. The van der Waals surface area contributed by atoms with Crippen LogP contribution in [0.1, 0.15) is 22.3 Å². The van der Waals surface area contributed by atoms with Gasteiger partial charge in [-0.1, -0.05) is 6.07 Å². The molecule has 1 aromatic rings. The maximum atomic E-state index is 11.4. The van der Waals surface area contributed by atoms with E-state index >= 15 is 0 Å². The maximum absolute atomic E-state index is 11.4. The molecule has 1 heterocycles. The van der Waals surface area contributed by atoms with Gasteiger partial charge in [-0.3, -0.25) is 4.79 Å². The van der Waals surface area contributed by atoms with Crippen LogP contribution >= 0.6 is 0 Å². The molecule has 62 valence electrons. The Kier molecular flexibility index (Phi) is 1.61. The molecule has 1 N–H and O–H groups in total. The summed E-state index contributed by atoms with van der Waals surface area (Å²) in [6.45, 7) is 2.80. The fraction of sp³-hybridized carbons (Fsp3) is 0.300. The number of rotatable bonds is 0. The Morgan fingerprint density at radius 2 is 2.25 bits per heavy atom. The highest BCUT2D eigenvalue weighted by molar-refractivity contribution is 6.03. The number of anilines is 1. The van der Waals surface area contributed by atoms with Crippen LogP contribution in [0.3, 0.4) is 0 Å². The predicted octanol–water partition coefficient (Wildman–Crippen LogP) is 1.99. The molecule has 0 aromatic heterocycles. The zero-order valence-electron chi connectivity index (χ0n) is 7.05. The van der Waals surface area contributed by atoms with Crippen molar-refractivity contribution in [2.45, 2.75) is 13.3 Å². The van der Waals surface area contributed by atoms with E-state index in [0.717, 1.165) is 17.8 Å². The molecule has 0 unspecified atom stereocenters. The van der Waals surface area contributed by atoms with E-state index in [1.165, 1.54) is 5.56 Å². The fourth-order valence-electron chi connectivity index (χ4n) is 1.49. The molecule has 1 aromatic carbocycles. The van der Waals surface area contributed by atoms with Gasteiger partial charge in [0.15, 0.2) is 5.78 Å². The van der Waals surface area contributed by atoms with E-state index in [1.807, 2.05) is 25.1 Å². The first-order valence-corrected chi connectivity index (χ1v) is 4.15. The van der Waals surface area contributed by atoms with E-state index in [2.05, 4.69) is 5.32 Å². The van der Waals surface area contributed by atoms with Crippen molar-refractivity contribution in [3.8, 4) is 0 Å². The first-order valence-electron chi connectivity index (χ1n) is 4.15. The highest BCUT2D eigenvalue weighted by Crippen LogP contribution is 2.22. The van der Waals surface area contributed by atoms with Gasteiger partial charge in [0.05, 0.1) is 0 Å². The van der Waals surface area contributed by atoms with Gasteiger partial charge in [0.25, 0.3) is 0 Å². The van der Waals surface area contributed by atoms with E-state index in [0.29, 0.717) is 6.42 Å². The molecule has 0 fully saturated rings. The quantitative estimate of drug-likeness (QED) is 0.630. The summed E-state index contributed by atoms with van der Waals surface area (Å²) in [6, 6.07) is 5.90. The molecule has 0 aliphatic carbocycles. The number of benzene rings is 1. The third kappa shape index (κ3) is 1.09. The molecular weight excluding hydrogens is 150 g/mol. The number of hydrogen-bond acceptors (Lipinski definition) is 2. The van der Waals surface area contributed by atoms with E-state index in [4.69, 9.17) is 0 Å². The zero-order valence-corrected chi connectivity index (χ0v) is 7.05. The van der Waals surface area contributed by atoms with Gasteiger partial charge in [0, 0.05) is 24.2 Å². The van der Waals surface area contributed by atoms with Crippen LogP contribution in [0.4, 0.5) is 5.69 Å². The van der Waals surface area contributed by atoms with Crippen molar-refractivity contribution in [2.24, 2.45) is 0 Å². The molecule has 2 nitrogen and oxygen atoms in total. The molecule has 1 aliphatic heterocycles. The average Bonchev–Trinajstić information content (AvgIpc) is 2.04. The number of ketones is 1. The lowest BCUT2D eigenvalue weighted by Gasteiger charge is -2.16. The van der Waals surface area contributed by atoms with Gasteiger partial charge in [-0.15, -0.1) is 0 Å². The van der Waals surface area contributed by atoms with Gasteiger partial charge in [0.1, 0.15) is 0 Å².